The number of anilines is 2. The molecule has 0 saturated carbocycles. The highest BCUT2D eigenvalue weighted by Gasteiger charge is 2.30. The summed E-state index contributed by atoms with van der Waals surface area (Å²) in [5.41, 5.74) is 5.50. The zero-order valence-corrected chi connectivity index (χ0v) is 10.6. The Kier molecular flexibility index (Phi) is 3.25. The Balaban J connectivity index is 2.65. The summed E-state index contributed by atoms with van der Waals surface area (Å²) < 4.78 is 22.0. The fourth-order valence-electron chi connectivity index (χ4n) is 0.788. The second-order valence-corrected chi connectivity index (χ2v) is 7.66. The summed E-state index contributed by atoms with van der Waals surface area (Å²) in [6.45, 7) is 3.66. The summed E-state index contributed by atoms with van der Waals surface area (Å²) in [5, 5.41) is 4.21. The van der Waals surface area contributed by atoms with E-state index in [2.05, 4.69) is 10.3 Å². The van der Waals surface area contributed by atoms with E-state index in [0.717, 1.165) is 0 Å². The van der Waals surface area contributed by atoms with Gasteiger partial charge in [0.1, 0.15) is 5.00 Å². The smallest absolute Gasteiger partial charge is 0.184 e. The van der Waals surface area contributed by atoms with Gasteiger partial charge in [0.25, 0.3) is 0 Å². The summed E-state index contributed by atoms with van der Waals surface area (Å²) in [7, 11) is -3.08. The van der Waals surface area contributed by atoms with Gasteiger partial charge < -0.3 is 11.1 Å². The van der Waals surface area contributed by atoms with Crippen LogP contribution in [0.1, 0.15) is 13.8 Å². The number of hydrogen-bond acceptors (Lipinski definition) is 6. The van der Waals surface area contributed by atoms with Crippen molar-refractivity contribution in [1.29, 1.82) is 0 Å². The zero-order valence-electron chi connectivity index (χ0n) is 8.94. The number of nitrogens with zero attached hydrogens (tertiary/aromatic N) is 1. The van der Waals surface area contributed by atoms with E-state index in [9.17, 15) is 8.42 Å². The molecule has 0 fully saturated rings. The fraction of sp³-hybridized carbons (Fsp3) is 0.625. The third-order valence-corrected chi connectivity index (χ3v) is 5.13. The van der Waals surface area contributed by atoms with E-state index >= 15 is 0 Å². The van der Waals surface area contributed by atoms with Crippen molar-refractivity contribution in [2.24, 2.45) is 0 Å². The molecule has 5 nitrogen and oxygen atoms in total. The minimum absolute atomic E-state index is 0.318. The van der Waals surface area contributed by atoms with Crippen LogP contribution in [0.15, 0.2) is 6.20 Å². The van der Waals surface area contributed by atoms with Gasteiger partial charge in [0.2, 0.25) is 0 Å². The molecule has 1 aromatic rings. The van der Waals surface area contributed by atoms with Crippen LogP contribution in [0.5, 0.6) is 0 Å². The number of nitrogens with two attached hydrogens (primary N) is 1. The number of sulfone groups is 1. The first-order chi connectivity index (χ1) is 6.72. The molecule has 15 heavy (non-hydrogen) atoms. The summed E-state index contributed by atoms with van der Waals surface area (Å²) in [6.07, 6.45) is 2.77. The largest absolute Gasteiger partial charge is 0.389 e. The average Bonchev–Trinajstić information content (AvgIpc) is 2.46. The zero-order chi connectivity index (χ0) is 11.7. The molecule has 3 N–H and O–H groups in total. The molecule has 0 radical (unpaired) electrons. The van der Waals surface area contributed by atoms with E-state index in [1.165, 1.54) is 17.6 Å². The van der Waals surface area contributed by atoms with Gasteiger partial charge >= 0.3 is 0 Å². The van der Waals surface area contributed by atoms with E-state index in [1.807, 2.05) is 0 Å². The second-order valence-electron chi connectivity index (χ2n) is 3.95. The molecule has 0 amide bonds. The molecule has 0 aromatic carbocycles. The lowest BCUT2D eigenvalue weighted by molar-refractivity contribution is 0.560. The summed E-state index contributed by atoms with van der Waals surface area (Å²) >= 11 is 1.30. The molecule has 0 aliphatic carbocycles. The molecule has 0 aliphatic heterocycles. The van der Waals surface area contributed by atoms with E-state index < -0.39 is 14.6 Å². The number of thiazole rings is 1. The van der Waals surface area contributed by atoms with Crippen molar-refractivity contribution >= 4 is 31.3 Å². The van der Waals surface area contributed by atoms with Crippen LogP contribution in [0, 0.1) is 0 Å². The SMILES string of the molecule is CC(C)(CNc1ncc(N)s1)S(C)(=O)=O. The number of nitrogen functional groups attached to an aromatic ring is 1. The molecule has 0 aliphatic rings. The van der Waals surface area contributed by atoms with E-state index in [0.29, 0.717) is 16.7 Å². The Morgan fingerprint density at radius 3 is 2.60 bits per heavy atom. The minimum Gasteiger partial charge on any atom is -0.389 e. The molecule has 0 saturated heterocycles. The lowest BCUT2D eigenvalue weighted by Gasteiger charge is -2.22. The van der Waals surface area contributed by atoms with E-state index in [-0.39, 0.29) is 0 Å². The molecule has 0 unspecified atom stereocenters. The fourth-order valence-corrected chi connectivity index (χ4v) is 1.70. The van der Waals surface area contributed by atoms with Crippen LogP contribution in [-0.2, 0) is 9.84 Å². The Bertz CT molecular complexity index is 436. The van der Waals surface area contributed by atoms with Crippen LogP contribution >= 0.6 is 11.3 Å². The third kappa shape index (κ3) is 3.07. The van der Waals surface area contributed by atoms with Crippen LogP contribution in [0.4, 0.5) is 10.1 Å². The monoisotopic (exact) mass is 249 g/mol. The van der Waals surface area contributed by atoms with Crippen LogP contribution in [0.2, 0.25) is 0 Å². The second kappa shape index (κ2) is 3.97. The molecular weight excluding hydrogens is 234 g/mol. The van der Waals surface area contributed by atoms with Gasteiger partial charge in [0, 0.05) is 12.8 Å². The first-order valence-corrected chi connectivity index (χ1v) is 7.08. The Morgan fingerprint density at radius 2 is 2.20 bits per heavy atom. The Morgan fingerprint density at radius 1 is 1.60 bits per heavy atom. The summed E-state index contributed by atoms with van der Waals surface area (Å²) in [6, 6.07) is 0. The van der Waals surface area contributed by atoms with Gasteiger partial charge in [-0.2, -0.15) is 0 Å². The van der Waals surface area contributed by atoms with Crippen molar-refractivity contribution < 1.29 is 8.42 Å². The van der Waals surface area contributed by atoms with E-state index in [4.69, 9.17) is 5.73 Å². The summed E-state index contributed by atoms with van der Waals surface area (Å²) in [4.78, 5) is 3.99. The third-order valence-electron chi connectivity index (χ3n) is 2.19. The van der Waals surface area contributed by atoms with Gasteiger partial charge in [0.05, 0.1) is 10.9 Å². The Hall–Kier alpha value is -0.820. The van der Waals surface area contributed by atoms with Crippen molar-refractivity contribution in [2.75, 3.05) is 23.9 Å². The molecule has 1 heterocycles. The van der Waals surface area contributed by atoms with Gasteiger partial charge in [-0.05, 0) is 13.8 Å². The lowest BCUT2D eigenvalue weighted by Crippen LogP contribution is -2.38. The van der Waals surface area contributed by atoms with Crippen molar-refractivity contribution in [2.45, 2.75) is 18.6 Å². The van der Waals surface area contributed by atoms with Gasteiger partial charge in [0.15, 0.2) is 15.0 Å². The number of rotatable bonds is 4. The number of nitrogens with one attached hydrogen (secondary N) is 1. The normalized spacial score (nSPS) is 12.7. The van der Waals surface area contributed by atoms with Gasteiger partial charge in [-0.1, -0.05) is 11.3 Å². The van der Waals surface area contributed by atoms with Gasteiger partial charge in [-0.15, -0.1) is 0 Å². The number of hydrogen-bond donors (Lipinski definition) is 2. The molecule has 0 atom stereocenters. The molecule has 0 bridgehead atoms. The van der Waals surface area contributed by atoms with Gasteiger partial charge in [-0.25, -0.2) is 13.4 Å². The minimum atomic E-state index is -3.08. The maximum absolute atomic E-state index is 11.4. The highest BCUT2D eigenvalue weighted by molar-refractivity contribution is 7.92. The molecule has 1 rings (SSSR count). The van der Waals surface area contributed by atoms with E-state index in [1.54, 1.807) is 20.0 Å². The highest BCUT2D eigenvalue weighted by Crippen LogP contribution is 2.22. The van der Waals surface area contributed by atoms with Crippen molar-refractivity contribution in [1.82, 2.24) is 4.98 Å². The maximum atomic E-state index is 11.4. The predicted octanol–water partition coefficient (Wildman–Crippen LogP) is 0.960. The van der Waals surface area contributed by atoms with Crippen LogP contribution in [0.25, 0.3) is 0 Å². The molecule has 7 heteroatoms. The molecule has 1 aromatic heterocycles. The van der Waals surface area contributed by atoms with Crippen LogP contribution in [0.3, 0.4) is 0 Å². The lowest BCUT2D eigenvalue weighted by atomic mass is 10.2. The first-order valence-electron chi connectivity index (χ1n) is 4.37. The maximum Gasteiger partial charge on any atom is 0.184 e. The van der Waals surface area contributed by atoms with Crippen molar-refractivity contribution in [3.8, 4) is 0 Å². The van der Waals surface area contributed by atoms with Crippen LogP contribution < -0.4 is 11.1 Å². The first kappa shape index (κ1) is 12.3. The van der Waals surface area contributed by atoms with Crippen molar-refractivity contribution in [3.05, 3.63) is 6.20 Å². The molecule has 0 spiro atoms. The number of aromatic nitrogens is 1. The molecule has 86 valence electrons. The summed E-state index contributed by atoms with van der Waals surface area (Å²) in [5.74, 6) is 0. The predicted molar refractivity (Wildman–Crippen MR) is 63.9 cm³/mol. The van der Waals surface area contributed by atoms with Crippen molar-refractivity contribution in [3.63, 3.8) is 0 Å². The topological polar surface area (TPSA) is 85.1 Å². The van der Waals surface area contributed by atoms with Gasteiger partial charge in [-0.3, -0.25) is 0 Å². The average molecular weight is 249 g/mol. The standard InChI is InChI=1S/C8H15N3O2S2/c1-8(2,15(3,12)13)5-11-7-10-4-6(9)14-7/h4H,5,9H2,1-3H3,(H,10,11). The molecular formula is C8H15N3O2S2. The van der Waals surface area contributed by atoms with Crippen LogP contribution in [-0.4, -0.2) is 30.9 Å². The highest BCUT2D eigenvalue weighted by atomic mass is 32.2. The Labute approximate surface area is 93.6 Å². The quantitative estimate of drug-likeness (QED) is 0.830.